The van der Waals surface area contributed by atoms with Crippen LogP contribution in [0.25, 0.3) is 10.9 Å². The van der Waals surface area contributed by atoms with Gasteiger partial charge in [-0.05, 0) is 25.0 Å². The van der Waals surface area contributed by atoms with Gasteiger partial charge in [0.25, 0.3) is 0 Å². The molecule has 0 radical (unpaired) electrons. The van der Waals surface area contributed by atoms with Crippen LogP contribution in [-0.4, -0.2) is 28.6 Å². The molecule has 3 nitrogen and oxygen atoms in total. The van der Waals surface area contributed by atoms with Crippen molar-refractivity contribution in [2.75, 3.05) is 12.4 Å². The standard InChI is InChI=1S/C15H17NO2S/c17-9-12-8-11-4-1-2-6-14(11)16-15(12)19-10-13-5-3-7-18-13/h1-2,4,6,8,13,17H,3,5,7,9-10H2. The second-order valence-electron chi connectivity index (χ2n) is 4.75. The average molecular weight is 275 g/mol. The Hall–Kier alpha value is -1.10. The average Bonchev–Trinajstić information content (AvgIpc) is 2.97. The molecule has 2 aromatic rings. The molecule has 100 valence electrons. The van der Waals surface area contributed by atoms with E-state index in [1.807, 2.05) is 30.3 Å². The Balaban J connectivity index is 1.83. The molecule has 0 amide bonds. The first-order valence-electron chi connectivity index (χ1n) is 6.61. The van der Waals surface area contributed by atoms with Gasteiger partial charge in [-0.3, -0.25) is 0 Å². The largest absolute Gasteiger partial charge is 0.392 e. The van der Waals surface area contributed by atoms with E-state index in [2.05, 4.69) is 4.98 Å². The number of aromatic nitrogens is 1. The highest BCUT2D eigenvalue weighted by molar-refractivity contribution is 7.99. The second-order valence-corrected chi connectivity index (χ2v) is 5.76. The lowest BCUT2D eigenvalue weighted by Gasteiger charge is -2.11. The number of pyridine rings is 1. The number of hydrogen-bond acceptors (Lipinski definition) is 4. The molecule has 1 aliphatic heterocycles. The Morgan fingerprint density at radius 2 is 2.26 bits per heavy atom. The van der Waals surface area contributed by atoms with Crippen LogP contribution in [0.4, 0.5) is 0 Å². The van der Waals surface area contributed by atoms with E-state index in [9.17, 15) is 5.11 Å². The fraction of sp³-hybridized carbons (Fsp3) is 0.400. The van der Waals surface area contributed by atoms with E-state index >= 15 is 0 Å². The zero-order valence-electron chi connectivity index (χ0n) is 10.7. The number of aliphatic hydroxyl groups excluding tert-OH is 1. The van der Waals surface area contributed by atoms with Crippen molar-refractivity contribution in [2.45, 2.75) is 30.6 Å². The molecule has 2 heterocycles. The highest BCUT2D eigenvalue weighted by Gasteiger charge is 2.17. The minimum absolute atomic E-state index is 0.0334. The fourth-order valence-electron chi connectivity index (χ4n) is 2.33. The van der Waals surface area contributed by atoms with E-state index in [0.717, 1.165) is 46.7 Å². The molecule has 1 aromatic carbocycles. The van der Waals surface area contributed by atoms with Crippen LogP contribution in [0, 0.1) is 0 Å². The van der Waals surface area contributed by atoms with Gasteiger partial charge >= 0.3 is 0 Å². The van der Waals surface area contributed by atoms with E-state index < -0.39 is 0 Å². The number of rotatable bonds is 4. The minimum atomic E-state index is 0.0334. The molecule has 1 aliphatic rings. The summed E-state index contributed by atoms with van der Waals surface area (Å²) in [6.45, 7) is 0.912. The molecular formula is C15H17NO2S. The normalized spacial score (nSPS) is 19.1. The van der Waals surface area contributed by atoms with Crippen molar-refractivity contribution in [2.24, 2.45) is 0 Å². The van der Waals surface area contributed by atoms with Gasteiger partial charge in [0.1, 0.15) is 5.03 Å². The van der Waals surface area contributed by atoms with Crippen LogP contribution in [0.2, 0.25) is 0 Å². The second kappa shape index (κ2) is 5.90. The highest BCUT2D eigenvalue weighted by Crippen LogP contribution is 2.27. The van der Waals surface area contributed by atoms with Gasteiger partial charge in [0.15, 0.2) is 0 Å². The smallest absolute Gasteiger partial charge is 0.102 e. The molecule has 1 unspecified atom stereocenters. The van der Waals surface area contributed by atoms with Gasteiger partial charge in [-0.1, -0.05) is 18.2 Å². The molecule has 19 heavy (non-hydrogen) atoms. The third-order valence-corrected chi connectivity index (χ3v) is 4.53. The van der Waals surface area contributed by atoms with Crippen molar-refractivity contribution in [1.29, 1.82) is 0 Å². The summed E-state index contributed by atoms with van der Waals surface area (Å²) < 4.78 is 5.62. The van der Waals surface area contributed by atoms with Crippen LogP contribution in [0.5, 0.6) is 0 Å². The van der Waals surface area contributed by atoms with E-state index in [-0.39, 0.29) is 6.61 Å². The van der Waals surface area contributed by atoms with Crippen molar-refractivity contribution < 1.29 is 9.84 Å². The fourth-order valence-corrected chi connectivity index (χ4v) is 3.41. The number of fused-ring (bicyclic) bond motifs is 1. The topological polar surface area (TPSA) is 42.4 Å². The van der Waals surface area contributed by atoms with Crippen molar-refractivity contribution >= 4 is 22.7 Å². The summed E-state index contributed by atoms with van der Waals surface area (Å²) in [6, 6.07) is 10.0. The SMILES string of the molecule is OCc1cc2ccccc2nc1SCC1CCCO1. The lowest BCUT2D eigenvalue weighted by atomic mass is 10.2. The van der Waals surface area contributed by atoms with Gasteiger partial charge in [-0.15, -0.1) is 11.8 Å². The van der Waals surface area contributed by atoms with Gasteiger partial charge in [-0.25, -0.2) is 4.98 Å². The van der Waals surface area contributed by atoms with Gasteiger partial charge in [0.05, 0.1) is 18.2 Å². The van der Waals surface area contributed by atoms with E-state index in [0.29, 0.717) is 6.10 Å². The summed E-state index contributed by atoms with van der Waals surface area (Å²) >= 11 is 1.69. The number of thioether (sulfide) groups is 1. The number of aliphatic hydroxyl groups is 1. The molecule has 0 saturated carbocycles. The molecule has 1 saturated heterocycles. The van der Waals surface area contributed by atoms with Gasteiger partial charge in [-0.2, -0.15) is 0 Å². The summed E-state index contributed by atoms with van der Waals surface area (Å²) in [6.07, 6.45) is 2.63. The van der Waals surface area contributed by atoms with Crippen molar-refractivity contribution in [3.05, 3.63) is 35.9 Å². The van der Waals surface area contributed by atoms with Crippen LogP contribution in [0.15, 0.2) is 35.4 Å². The zero-order valence-corrected chi connectivity index (χ0v) is 11.5. The Morgan fingerprint density at radius 3 is 3.05 bits per heavy atom. The first kappa shape index (κ1) is 12.9. The van der Waals surface area contributed by atoms with Crippen LogP contribution in [-0.2, 0) is 11.3 Å². The number of ether oxygens (including phenoxy) is 1. The summed E-state index contributed by atoms with van der Waals surface area (Å²) in [5.41, 5.74) is 1.89. The van der Waals surface area contributed by atoms with Crippen molar-refractivity contribution in [1.82, 2.24) is 4.98 Å². The lowest BCUT2D eigenvalue weighted by molar-refractivity contribution is 0.129. The Bertz CT molecular complexity index is 567. The molecule has 0 bridgehead atoms. The third kappa shape index (κ3) is 2.91. The Morgan fingerprint density at radius 1 is 1.37 bits per heavy atom. The quantitative estimate of drug-likeness (QED) is 0.871. The predicted octanol–water partition coefficient (Wildman–Crippen LogP) is 3.00. The summed E-state index contributed by atoms with van der Waals surface area (Å²) in [5, 5.41) is 11.5. The number of nitrogens with zero attached hydrogens (tertiary/aromatic N) is 1. The molecule has 3 rings (SSSR count). The Labute approximate surface area is 117 Å². The maximum Gasteiger partial charge on any atom is 0.102 e. The van der Waals surface area contributed by atoms with Gasteiger partial charge < -0.3 is 9.84 Å². The summed E-state index contributed by atoms with van der Waals surface area (Å²) in [5.74, 6) is 0.915. The van der Waals surface area contributed by atoms with Crippen molar-refractivity contribution in [3.8, 4) is 0 Å². The lowest BCUT2D eigenvalue weighted by Crippen LogP contribution is -2.08. The number of hydrogen-bond donors (Lipinski definition) is 1. The van der Waals surface area contributed by atoms with Gasteiger partial charge in [0.2, 0.25) is 0 Å². The molecule has 4 heteroatoms. The first-order chi connectivity index (χ1) is 9.36. The number of benzene rings is 1. The molecule has 1 N–H and O–H groups in total. The number of para-hydroxylation sites is 1. The molecular weight excluding hydrogens is 258 g/mol. The zero-order chi connectivity index (χ0) is 13.1. The van der Waals surface area contributed by atoms with Crippen molar-refractivity contribution in [3.63, 3.8) is 0 Å². The maximum atomic E-state index is 9.49. The minimum Gasteiger partial charge on any atom is -0.392 e. The molecule has 1 atom stereocenters. The van der Waals surface area contributed by atoms with E-state index in [1.54, 1.807) is 11.8 Å². The molecule has 1 aromatic heterocycles. The maximum absolute atomic E-state index is 9.49. The molecule has 0 spiro atoms. The van der Waals surface area contributed by atoms with Crippen LogP contribution in [0.1, 0.15) is 18.4 Å². The predicted molar refractivity (Wildman–Crippen MR) is 77.4 cm³/mol. The monoisotopic (exact) mass is 275 g/mol. The summed E-state index contributed by atoms with van der Waals surface area (Å²) in [7, 11) is 0. The first-order valence-corrected chi connectivity index (χ1v) is 7.59. The van der Waals surface area contributed by atoms with Crippen LogP contribution in [0.3, 0.4) is 0 Å². The van der Waals surface area contributed by atoms with E-state index in [1.165, 1.54) is 0 Å². The van der Waals surface area contributed by atoms with E-state index in [4.69, 9.17) is 4.74 Å². The van der Waals surface area contributed by atoms with Crippen LogP contribution < -0.4 is 0 Å². The Kier molecular flexibility index (Phi) is 4.01. The van der Waals surface area contributed by atoms with Gasteiger partial charge in [0, 0.05) is 23.3 Å². The molecule has 0 aliphatic carbocycles. The van der Waals surface area contributed by atoms with Crippen LogP contribution >= 0.6 is 11.8 Å². The molecule has 1 fully saturated rings. The highest BCUT2D eigenvalue weighted by atomic mass is 32.2. The third-order valence-electron chi connectivity index (χ3n) is 3.36. The summed E-state index contributed by atoms with van der Waals surface area (Å²) in [4.78, 5) is 4.65.